The lowest BCUT2D eigenvalue weighted by molar-refractivity contribution is -0.141. The fourth-order valence-corrected chi connectivity index (χ4v) is 8.65. The van der Waals surface area contributed by atoms with E-state index in [1.54, 1.807) is 0 Å². The molecule has 0 radical (unpaired) electrons. The third-order valence-electron chi connectivity index (χ3n) is 10.8. The molecule has 0 aromatic heterocycles. The topological polar surface area (TPSA) is 46.5 Å². The second-order valence-electron chi connectivity index (χ2n) is 13.0. The summed E-state index contributed by atoms with van der Waals surface area (Å²) in [4.78, 5) is 12.1. The van der Waals surface area contributed by atoms with E-state index in [9.17, 15) is 9.90 Å². The van der Waals surface area contributed by atoms with Gasteiger partial charge in [0.05, 0.1) is 13.2 Å². The number of methoxy groups -OCH3 is 1. The van der Waals surface area contributed by atoms with Crippen LogP contribution in [0, 0.1) is 39.9 Å². The minimum Gasteiger partial charge on any atom is -0.469 e. The van der Waals surface area contributed by atoms with Gasteiger partial charge in [0.15, 0.2) is 0 Å². The minimum atomic E-state index is -0.209. The first-order valence-electron chi connectivity index (χ1n) is 13.5. The minimum absolute atomic E-state index is 0.00278. The molecular weight excluding hydrogens is 420 g/mol. The molecule has 2 saturated carbocycles. The summed E-state index contributed by atoms with van der Waals surface area (Å²) in [6.07, 6.45) is 11.0. The number of carbonyl (C=O) groups is 1. The maximum atomic E-state index is 12.1. The average molecular weight is 471 g/mol. The lowest BCUT2D eigenvalue weighted by Gasteiger charge is -2.60. The highest BCUT2D eigenvalue weighted by atomic mass is 16.5. The van der Waals surface area contributed by atoms with Crippen molar-refractivity contribution in [1.29, 1.82) is 0 Å². The SMILES string of the molecule is C=C(C)[C@@H]1CC=C(C)[C@H](CC[C@H]2C(=C)CC[C@H]3C(C)(C)[C@@H](O)CC[C@]23C)[C@@]1(C)CCC(=O)OC. The molecule has 0 heterocycles. The summed E-state index contributed by atoms with van der Waals surface area (Å²) in [5.74, 6) is 1.70. The Bertz CT molecular complexity index is 836. The van der Waals surface area contributed by atoms with Gasteiger partial charge in [0.25, 0.3) is 0 Å². The van der Waals surface area contributed by atoms with Crippen LogP contribution in [-0.4, -0.2) is 24.3 Å². The first kappa shape index (κ1) is 27.2. The van der Waals surface area contributed by atoms with E-state index in [2.05, 4.69) is 60.8 Å². The highest BCUT2D eigenvalue weighted by Crippen LogP contribution is 2.62. The molecule has 7 atom stereocenters. The molecule has 2 fully saturated rings. The molecule has 0 aromatic rings. The molecular formula is C31H50O3. The van der Waals surface area contributed by atoms with Gasteiger partial charge in [-0.25, -0.2) is 0 Å². The third kappa shape index (κ3) is 4.71. The monoisotopic (exact) mass is 470 g/mol. The normalized spacial score (nSPS) is 39.7. The number of aliphatic hydroxyl groups is 1. The Hall–Kier alpha value is -1.35. The Balaban J connectivity index is 1.87. The van der Waals surface area contributed by atoms with Gasteiger partial charge in [-0.2, -0.15) is 0 Å². The molecule has 3 rings (SSSR count). The van der Waals surface area contributed by atoms with Crippen molar-refractivity contribution in [1.82, 2.24) is 0 Å². The molecule has 0 aliphatic heterocycles. The van der Waals surface area contributed by atoms with E-state index in [4.69, 9.17) is 4.74 Å². The Morgan fingerprint density at radius 3 is 2.44 bits per heavy atom. The quantitative estimate of drug-likeness (QED) is 0.307. The predicted molar refractivity (Wildman–Crippen MR) is 141 cm³/mol. The molecule has 3 nitrogen and oxygen atoms in total. The molecule has 3 aliphatic carbocycles. The van der Waals surface area contributed by atoms with Gasteiger partial charge in [0.2, 0.25) is 0 Å². The van der Waals surface area contributed by atoms with Crippen molar-refractivity contribution in [3.8, 4) is 0 Å². The van der Waals surface area contributed by atoms with Crippen LogP contribution in [0.25, 0.3) is 0 Å². The largest absolute Gasteiger partial charge is 0.469 e. The van der Waals surface area contributed by atoms with Crippen LogP contribution in [0.1, 0.15) is 99.3 Å². The summed E-state index contributed by atoms with van der Waals surface area (Å²) >= 11 is 0. The van der Waals surface area contributed by atoms with E-state index >= 15 is 0 Å². The highest BCUT2D eigenvalue weighted by molar-refractivity contribution is 5.69. The zero-order valence-corrected chi connectivity index (χ0v) is 23.0. The molecule has 0 aromatic carbocycles. The van der Waals surface area contributed by atoms with Crippen molar-refractivity contribution >= 4 is 5.97 Å². The first-order valence-corrected chi connectivity index (χ1v) is 13.5. The van der Waals surface area contributed by atoms with Gasteiger partial charge in [0, 0.05) is 6.42 Å². The van der Waals surface area contributed by atoms with Gasteiger partial charge < -0.3 is 9.84 Å². The van der Waals surface area contributed by atoms with Crippen molar-refractivity contribution in [3.05, 3.63) is 36.0 Å². The van der Waals surface area contributed by atoms with Crippen LogP contribution < -0.4 is 0 Å². The molecule has 3 aliphatic rings. The average Bonchev–Trinajstić information content (AvgIpc) is 2.76. The predicted octanol–water partition coefficient (Wildman–Crippen LogP) is 7.65. The summed E-state index contributed by atoms with van der Waals surface area (Å²) in [7, 11) is 1.48. The Labute approximate surface area is 209 Å². The molecule has 0 spiro atoms. The standard InChI is InChI=1S/C31H50O3/c1-20(2)23-12-10-21(3)24(30(23,7)19-17-28(33)34-9)13-14-25-22(4)11-15-26-29(5,6)27(32)16-18-31(25,26)8/h10,23-27,32H,1,4,11-19H2,2-3,5-9H3/t23-,24-,25-,26-,27-,30-,31+/m0/s1. The van der Waals surface area contributed by atoms with Crippen molar-refractivity contribution < 1.29 is 14.6 Å². The Morgan fingerprint density at radius 1 is 1.18 bits per heavy atom. The maximum absolute atomic E-state index is 12.1. The summed E-state index contributed by atoms with van der Waals surface area (Å²) in [6, 6.07) is 0. The van der Waals surface area contributed by atoms with Gasteiger partial charge in [-0.15, -0.1) is 0 Å². The summed E-state index contributed by atoms with van der Waals surface area (Å²) < 4.78 is 5.01. The molecule has 0 saturated heterocycles. The van der Waals surface area contributed by atoms with Gasteiger partial charge >= 0.3 is 5.97 Å². The molecule has 0 amide bonds. The summed E-state index contributed by atoms with van der Waals surface area (Å²) in [6.45, 7) is 22.8. The number of allylic oxidation sites excluding steroid dienone is 4. The van der Waals surface area contributed by atoms with Gasteiger partial charge in [0.1, 0.15) is 0 Å². The second kappa shape index (κ2) is 9.96. The zero-order chi connectivity index (χ0) is 25.5. The highest BCUT2D eigenvalue weighted by Gasteiger charge is 2.56. The van der Waals surface area contributed by atoms with Crippen LogP contribution in [0.4, 0.5) is 0 Å². The van der Waals surface area contributed by atoms with Crippen molar-refractivity contribution in [2.45, 2.75) is 105 Å². The fraction of sp³-hybridized carbons (Fsp3) is 0.774. The number of aliphatic hydroxyl groups excluding tert-OH is 1. The number of hydrogen-bond acceptors (Lipinski definition) is 3. The molecule has 3 heteroatoms. The maximum Gasteiger partial charge on any atom is 0.305 e. The molecule has 0 bridgehead atoms. The van der Waals surface area contributed by atoms with E-state index in [-0.39, 0.29) is 28.3 Å². The molecule has 0 unspecified atom stereocenters. The zero-order valence-electron chi connectivity index (χ0n) is 23.0. The van der Waals surface area contributed by atoms with E-state index < -0.39 is 0 Å². The summed E-state index contributed by atoms with van der Waals surface area (Å²) in [5.41, 5.74) is 4.24. The van der Waals surface area contributed by atoms with E-state index in [1.165, 1.54) is 23.8 Å². The number of fused-ring (bicyclic) bond motifs is 1. The van der Waals surface area contributed by atoms with Gasteiger partial charge in [-0.3, -0.25) is 4.79 Å². The molecule has 192 valence electrons. The lowest BCUT2D eigenvalue weighted by Crippen LogP contribution is -2.54. The van der Waals surface area contributed by atoms with Crippen LogP contribution in [0.5, 0.6) is 0 Å². The number of carbonyl (C=O) groups excluding carboxylic acids is 1. The van der Waals surface area contributed by atoms with E-state index in [0.717, 1.165) is 51.4 Å². The molecule has 1 N–H and O–H groups in total. The first-order chi connectivity index (χ1) is 15.8. The van der Waals surface area contributed by atoms with E-state index in [0.29, 0.717) is 30.1 Å². The third-order valence-corrected chi connectivity index (χ3v) is 10.8. The van der Waals surface area contributed by atoms with Crippen LogP contribution in [0.15, 0.2) is 36.0 Å². The van der Waals surface area contributed by atoms with Crippen molar-refractivity contribution in [2.75, 3.05) is 7.11 Å². The number of hydrogen-bond donors (Lipinski definition) is 1. The number of esters is 1. The van der Waals surface area contributed by atoms with Crippen molar-refractivity contribution in [2.24, 2.45) is 39.9 Å². The Morgan fingerprint density at radius 2 is 1.82 bits per heavy atom. The van der Waals surface area contributed by atoms with Gasteiger partial charge in [-0.05, 0) is 105 Å². The van der Waals surface area contributed by atoms with Gasteiger partial charge in [-0.1, -0.05) is 63.6 Å². The number of rotatable bonds is 7. The summed E-state index contributed by atoms with van der Waals surface area (Å²) in [5, 5.41) is 10.8. The molecule has 34 heavy (non-hydrogen) atoms. The van der Waals surface area contributed by atoms with Crippen LogP contribution in [0.2, 0.25) is 0 Å². The lowest BCUT2D eigenvalue weighted by atomic mass is 9.46. The van der Waals surface area contributed by atoms with Crippen LogP contribution in [0.3, 0.4) is 0 Å². The van der Waals surface area contributed by atoms with E-state index in [1.807, 2.05) is 0 Å². The second-order valence-corrected chi connectivity index (χ2v) is 13.0. The van der Waals surface area contributed by atoms with Crippen LogP contribution >= 0.6 is 0 Å². The smallest absolute Gasteiger partial charge is 0.305 e. The van der Waals surface area contributed by atoms with Crippen molar-refractivity contribution in [3.63, 3.8) is 0 Å². The number of ether oxygens (including phenoxy) is 1. The van der Waals surface area contributed by atoms with Crippen LogP contribution in [-0.2, 0) is 9.53 Å². The Kier molecular flexibility index (Phi) is 7.98. The fourth-order valence-electron chi connectivity index (χ4n) is 8.65.